The highest BCUT2D eigenvalue weighted by Crippen LogP contribution is 2.30. The molecule has 3 aromatic carbocycles. The second kappa shape index (κ2) is 10.6. The maximum absolute atomic E-state index is 12.7. The number of anilines is 1. The van der Waals surface area contributed by atoms with Gasteiger partial charge in [-0.25, -0.2) is 4.68 Å². The lowest BCUT2D eigenvalue weighted by Crippen LogP contribution is -2.14. The zero-order valence-electron chi connectivity index (χ0n) is 18.3. The Morgan fingerprint density at radius 3 is 2.60 bits per heavy atom. The molecule has 4 rings (SSSR count). The van der Waals surface area contributed by atoms with Crippen molar-refractivity contribution in [3.05, 3.63) is 104 Å². The predicted molar refractivity (Wildman–Crippen MR) is 134 cm³/mol. The van der Waals surface area contributed by atoms with Crippen LogP contribution in [0.2, 0.25) is 5.02 Å². The van der Waals surface area contributed by atoms with Gasteiger partial charge in [0.05, 0.1) is 21.7 Å². The van der Waals surface area contributed by atoms with Gasteiger partial charge < -0.3 is 14.8 Å². The van der Waals surface area contributed by atoms with E-state index in [0.717, 1.165) is 10.0 Å². The molecule has 0 atom stereocenters. The van der Waals surface area contributed by atoms with E-state index >= 15 is 0 Å². The summed E-state index contributed by atoms with van der Waals surface area (Å²) in [6.45, 7) is 1.97. The molecule has 11 heteroatoms. The van der Waals surface area contributed by atoms with Crippen molar-refractivity contribution in [3.8, 4) is 17.2 Å². The fourth-order valence-electron chi connectivity index (χ4n) is 3.04. The zero-order valence-corrected chi connectivity index (χ0v) is 20.6. The second-order valence-electron chi connectivity index (χ2n) is 7.43. The third kappa shape index (κ3) is 6.37. The van der Waals surface area contributed by atoms with E-state index in [0.29, 0.717) is 16.5 Å². The number of nitrogens with one attached hydrogen (secondary N) is 1. The highest BCUT2D eigenvalue weighted by atomic mass is 79.9. The number of aromatic nitrogens is 2. The van der Waals surface area contributed by atoms with Gasteiger partial charge in [-0.3, -0.25) is 14.9 Å². The van der Waals surface area contributed by atoms with Gasteiger partial charge in [0.25, 0.3) is 11.6 Å². The molecule has 1 heterocycles. The number of nitro groups is 1. The minimum Gasteiger partial charge on any atom is -0.470 e. The Balaban J connectivity index is 1.46. The van der Waals surface area contributed by atoms with Gasteiger partial charge in [0.15, 0.2) is 12.4 Å². The summed E-state index contributed by atoms with van der Waals surface area (Å²) in [4.78, 5) is 23.5. The summed E-state index contributed by atoms with van der Waals surface area (Å²) in [5.74, 6) is 0.642. The lowest BCUT2D eigenvalue weighted by molar-refractivity contribution is -0.384. The lowest BCUT2D eigenvalue weighted by Gasteiger charge is -2.09. The van der Waals surface area contributed by atoms with Gasteiger partial charge in [-0.1, -0.05) is 45.2 Å². The van der Waals surface area contributed by atoms with Gasteiger partial charge in [0.1, 0.15) is 17.2 Å². The van der Waals surface area contributed by atoms with Crippen molar-refractivity contribution in [2.24, 2.45) is 0 Å². The highest BCUT2D eigenvalue weighted by Gasteiger charge is 2.16. The van der Waals surface area contributed by atoms with Crippen molar-refractivity contribution in [1.29, 1.82) is 0 Å². The molecule has 0 unspecified atom stereocenters. The molecule has 0 spiro atoms. The van der Waals surface area contributed by atoms with Crippen LogP contribution in [0.15, 0.2) is 77.4 Å². The van der Waals surface area contributed by atoms with E-state index in [1.807, 2.05) is 19.1 Å². The molecule has 0 aliphatic carbocycles. The fourth-order valence-corrected chi connectivity index (χ4v) is 3.77. The summed E-state index contributed by atoms with van der Waals surface area (Å²) in [6.07, 6.45) is 1.57. The molecule has 1 amide bonds. The van der Waals surface area contributed by atoms with Crippen molar-refractivity contribution in [1.82, 2.24) is 9.78 Å². The smallest absolute Gasteiger partial charge is 0.276 e. The van der Waals surface area contributed by atoms with Gasteiger partial charge in [0.2, 0.25) is 0 Å². The van der Waals surface area contributed by atoms with Crippen LogP contribution in [-0.4, -0.2) is 20.6 Å². The number of non-ortho nitro benzene ring substituents is 1. The molecule has 0 bridgehead atoms. The standard InChI is InChI=1S/C24H18BrClN4O5/c1-15-2-5-19(6-3-15)35-20-12-17(11-18(13-20)30(32)33)27-24(31)22-8-9-29(28-22)14-34-23-7-4-16(25)10-21(23)26/h2-13H,14H2,1H3,(H,27,31). The first-order valence-corrected chi connectivity index (χ1v) is 11.4. The van der Waals surface area contributed by atoms with Gasteiger partial charge in [-0.05, 0) is 43.3 Å². The molecule has 35 heavy (non-hydrogen) atoms. The number of benzene rings is 3. The number of nitrogens with zero attached hydrogens (tertiary/aromatic N) is 3. The van der Waals surface area contributed by atoms with Crippen LogP contribution in [0.4, 0.5) is 11.4 Å². The van der Waals surface area contributed by atoms with Gasteiger partial charge in [0, 0.05) is 22.8 Å². The minimum atomic E-state index is -0.559. The molecular formula is C24H18BrClN4O5. The number of carbonyl (C=O) groups is 1. The molecule has 0 fully saturated rings. The molecule has 1 N–H and O–H groups in total. The highest BCUT2D eigenvalue weighted by molar-refractivity contribution is 9.10. The van der Waals surface area contributed by atoms with Crippen molar-refractivity contribution in [2.75, 3.05) is 5.32 Å². The van der Waals surface area contributed by atoms with Crippen LogP contribution < -0.4 is 14.8 Å². The van der Waals surface area contributed by atoms with E-state index in [2.05, 4.69) is 26.3 Å². The Morgan fingerprint density at radius 1 is 1.11 bits per heavy atom. The van der Waals surface area contributed by atoms with Crippen LogP contribution in [0.25, 0.3) is 0 Å². The number of aryl methyl sites for hydroxylation is 1. The van der Waals surface area contributed by atoms with E-state index in [1.165, 1.54) is 28.9 Å². The number of nitro benzene ring substituents is 1. The zero-order chi connectivity index (χ0) is 24.9. The summed E-state index contributed by atoms with van der Waals surface area (Å²) in [7, 11) is 0. The van der Waals surface area contributed by atoms with Crippen molar-refractivity contribution in [2.45, 2.75) is 13.7 Å². The third-order valence-electron chi connectivity index (χ3n) is 4.74. The third-order valence-corrected chi connectivity index (χ3v) is 5.52. The molecular weight excluding hydrogens is 540 g/mol. The Kier molecular flexibility index (Phi) is 7.33. The summed E-state index contributed by atoms with van der Waals surface area (Å²) in [5.41, 5.74) is 1.12. The SMILES string of the molecule is Cc1ccc(Oc2cc(NC(=O)c3ccn(COc4ccc(Br)cc4Cl)n3)cc([N+](=O)[O-])c2)cc1. The first-order valence-electron chi connectivity index (χ1n) is 10.2. The number of amides is 1. The van der Waals surface area contributed by atoms with Crippen LogP contribution in [0.5, 0.6) is 17.2 Å². The number of halogens is 2. The van der Waals surface area contributed by atoms with E-state index in [9.17, 15) is 14.9 Å². The van der Waals surface area contributed by atoms with Crippen molar-refractivity contribution >= 4 is 44.8 Å². The monoisotopic (exact) mass is 556 g/mol. The quantitative estimate of drug-likeness (QED) is 0.193. The number of hydrogen-bond donors (Lipinski definition) is 1. The van der Waals surface area contributed by atoms with Crippen molar-refractivity contribution in [3.63, 3.8) is 0 Å². The lowest BCUT2D eigenvalue weighted by atomic mass is 10.2. The maximum atomic E-state index is 12.7. The molecule has 0 saturated carbocycles. The molecule has 9 nitrogen and oxygen atoms in total. The summed E-state index contributed by atoms with van der Waals surface area (Å²) >= 11 is 9.47. The topological polar surface area (TPSA) is 109 Å². The van der Waals surface area contributed by atoms with Gasteiger partial charge in [-0.15, -0.1) is 0 Å². The van der Waals surface area contributed by atoms with Crippen LogP contribution in [0, 0.1) is 17.0 Å². The largest absolute Gasteiger partial charge is 0.470 e. The van der Waals surface area contributed by atoms with E-state index in [1.54, 1.807) is 36.5 Å². The van der Waals surface area contributed by atoms with Crippen molar-refractivity contribution < 1.29 is 19.2 Å². The van der Waals surface area contributed by atoms with E-state index in [4.69, 9.17) is 21.1 Å². The van der Waals surface area contributed by atoms with Crippen LogP contribution in [0.1, 0.15) is 16.1 Å². The van der Waals surface area contributed by atoms with Crippen LogP contribution >= 0.6 is 27.5 Å². The minimum absolute atomic E-state index is 0.0278. The average Bonchev–Trinajstić information content (AvgIpc) is 3.29. The number of rotatable bonds is 8. The number of ether oxygens (including phenoxy) is 2. The Labute approximate surface area is 213 Å². The predicted octanol–water partition coefficient (Wildman–Crippen LogP) is 6.60. The molecule has 0 saturated heterocycles. The fraction of sp³-hybridized carbons (Fsp3) is 0.0833. The second-order valence-corrected chi connectivity index (χ2v) is 8.75. The molecule has 4 aromatic rings. The Morgan fingerprint density at radius 2 is 1.89 bits per heavy atom. The number of carbonyl (C=O) groups excluding carboxylic acids is 1. The van der Waals surface area contributed by atoms with Crippen LogP contribution in [-0.2, 0) is 6.73 Å². The van der Waals surface area contributed by atoms with Gasteiger partial charge in [-0.2, -0.15) is 5.10 Å². The summed E-state index contributed by atoms with van der Waals surface area (Å²) in [5, 5.41) is 18.6. The average molecular weight is 558 g/mol. The van der Waals surface area contributed by atoms with Crippen LogP contribution in [0.3, 0.4) is 0 Å². The molecule has 0 aliphatic heterocycles. The first-order chi connectivity index (χ1) is 16.8. The number of hydrogen-bond acceptors (Lipinski definition) is 6. The molecule has 0 radical (unpaired) electrons. The summed E-state index contributed by atoms with van der Waals surface area (Å²) in [6, 6.07) is 18.0. The Hall–Kier alpha value is -3.89. The first kappa shape index (κ1) is 24.2. The molecule has 0 aliphatic rings. The van der Waals surface area contributed by atoms with Gasteiger partial charge >= 0.3 is 0 Å². The maximum Gasteiger partial charge on any atom is 0.276 e. The van der Waals surface area contributed by atoms with E-state index in [-0.39, 0.29) is 29.5 Å². The Bertz CT molecular complexity index is 1390. The normalized spacial score (nSPS) is 10.6. The summed E-state index contributed by atoms with van der Waals surface area (Å²) < 4.78 is 13.6. The van der Waals surface area contributed by atoms with E-state index < -0.39 is 10.8 Å². The molecule has 178 valence electrons. The molecule has 1 aromatic heterocycles.